The number of aliphatic imine (C=N–C) groups is 1. The van der Waals surface area contributed by atoms with Crippen LogP contribution in [-0.2, 0) is 23.7 Å². The molecule has 186 valence electrons. The number of primary amides is 1. The largest absolute Gasteiger partial charge is 0.416 e. The summed E-state index contributed by atoms with van der Waals surface area (Å²) in [4.78, 5) is 30.7. The number of halogens is 6. The van der Waals surface area contributed by atoms with Gasteiger partial charge in [0.1, 0.15) is 5.84 Å². The maximum absolute atomic E-state index is 13.4. The number of piperidine rings is 1. The van der Waals surface area contributed by atoms with Crippen molar-refractivity contribution in [2.75, 3.05) is 26.7 Å². The number of carbonyl (C=O) groups excluding carboxylic acids is 2. The highest BCUT2D eigenvalue weighted by molar-refractivity contribution is 8.18. The molecule has 0 spiro atoms. The normalized spacial score (nSPS) is 19.6. The molecule has 2 N–H and O–H groups in total. The van der Waals surface area contributed by atoms with Crippen molar-refractivity contribution in [1.82, 2.24) is 9.80 Å². The number of carbonyl (C=O) groups is 2. The van der Waals surface area contributed by atoms with Crippen LogP contribution in [-0.4, -0.2) is 53.5 Å². The predicted molar refractivity (Wildman–Crippen MR) is 115 cm³/mol. The monoisotopic (exact) mass is 508 g/mol. The number of benzene rings is 1. The van der Waals surface area contributed by atoms with Crippen LogP contribution in [0, 0.1) is 5.92 Å². The highest BCUT2D eigenvalue weighted by atomic mass is 32.2. The van der Waals surface area contributed by atoms with Crippen molar-refractivity contribution in [3.05, 3.63) is 45.9 Å². The zero-order valence-corrected chi connectivity index (χ0v) is 18.9. The first-order valence-corrected chi connectivity index (χ1v) is 11.1. The number of rotatable bonds is 5. The van der Waals surface area contributed by atoms with Gasteiger partial charge in [-0.2, -0.15) is 31.3 Å². The highest BCUT2D eigenvalue weighted by Gasteiger charge is 2.38. The van der Waals surface area contributed by atoms with E-state index in [0.717, 1.165) is 17.8 Å². The van der Waals surface area contributed by atoms with Gasteiger partial charge in [0.15, 0.2) is 0 Å². The van der Waals surface area contributed by atoms with E-state index >= 15 is 0 Å². The third kappa shape index (κ3) is 6.53. The molecule has 0 aromatic heterocycles. The number of allylic oxidation sites excluding steroid dienone is 1. The molecular formula is C21H22F6N4O2S. The Morgan fingerprint density at radius 2 is 1.85 bits per heavy atom. The second-order valence-electron chi connectivity index (χ2n) is 8.14. The molecule has 34 heavy (non-hydrogen) atoms. The fourth-order valence-corrected chi connectivity index (χ4v) is 4.76. The Labute approximate surface area is 195 Å². The molecule has 2 amide bonds. The molecule has 1 aromatic rings. The van der Waals surface area contributed by atoms with Crippen LogP contribution >= 0.6 is 11.8 Å². The number of nitrogens with two attached hydrogens (primary N) is 1. The van der Waals surface area contributed by atoms with Gasteiger partial charge < -0.3 is 10.6 Å². The Balaban J connectivity index is 1.67. The van der Waals surface area contributed by atoms with Crippen LogP contribution in [0.25, 0.3) is 0 Å². The summed E-state index contributed by atoms with van der Waals surface area (Å²) in [6.07, 6.45) is -6.75. The van der Waals surface area contributed by atoms with E-state index in [-0.39, 0.29) is 30.6 Å². The summed E-state index contributed by atoms with van der Waals surface area (Å²) in [7, 11) is 1.58. The van der Waals surface area contributed by atoms with Gasteiger partial charge >= 0.3 is 17.6 Å². The van der Waals surface area contributed by atoms with Gasteiger partial charge in [-0.3, -0.25) is 14.5 Å². The standard InChI is InChI=1S/C21H22F6N4O2S/c1-30(11-17(28)32)18-16(34-19(33)29-18)8-12-4-6-31(7-5-12)10-13-2-3-14(20(22,23)24)9-15(13)21(25,26)27/h2-3,8-9,12H,4-7,10-11H2,1H3,(H2,28,32)/b16-8-. The Hall–Kier alpha value is -2.54. The summed E-state index contributed by atoms with van der Waals surface area (Å²) < 4.78 is 78.9. The minimum atomic E-state index is -4.90. The molecule has 1 fully saturated rings. The third-order valence-electron chi connectivity index (χ3n) is 5.53. The molecule has 2 heterocycles. The Morgan fingerprint density at radius 3 is 2.41 bits per heavy atom. The molecule has 13 heteroatoms. The van der Waals surface area contributed by atoms with Gasteiger partial charge in [-0.15, -0.1) is 0 Å². The second-order valence-corrected chi connectivity index (χ2v) is 9.13. The maximum Gasteiger partial charge on any atom is 0.416 e. The van der Waals surface area contributed by atoms with Gasteiger partial charge in [0.2, 0.25) is 5.91 Å². The molecule has 0 bridgehead atoms. The Morgan fingerprint density at radius 1 is 1.21 bits per heavy atom. The van der Waals surface area contributed by atoms with E-state index in [9.17, 15) is 35.9 Å². The number of thioether (sulfide) groups is 1. The minimum absolute atomic E-state index is 0.0199. The molecule has 3 rings (SSSR count). The fraction of sp³-hybridized carbons (Fsp3) is 0.476. The maximum atomic E-state index is 13.4. The van der Waals surface area contributed by atoms with Gasteiger partial charge in [-0.1, -0.05) is 12.1 Å². The molecule has 0 aliphatic carbocycles. The lowest BCUT2D eigenvalue weighted by molar-refractivity contribution is -0.143. The molecule has 2 aliphatic rings. The van der Waals surface area contributed by atoms with Crippen molar-refractivity contribution >= 4 is 28.7 Å². The second kappa shape index (κ2) is 9.98. The zero-order valence-electron chi connectivity index (χ0n) is 18.0. The summed E-state index contributed by atoms with van der Waals surface area (Å²) in [5.41, 5.74) is 2.36. The molecule has 1 saturated heterocycles. The lowest BCUT2D eigenvalue weighted by Gasteiger charge is -2.32. The Bertz CT molecular complexity index is 1010. The number of hydrogen-bond donors (Lipinski definition) is 1. The number of amidine groups is 1. The van der Waals surface area contributed by atoms with Gasteiger partial charge in [0.25, 0.3) is 0 Å². The Kier molecular flexibility index (Phi) is 7.65. The summed E-state index contributed by atoms with van der Waals surface area (Å²) in [6.45, 7) is 0.610. The number of likely N-dealkylation sites (tertiary alicyclic amines) is 1. The van der Waals surface area contributed by atoms with Crippen LogP contribution in [0.2, 0.25) is 0 Å². The SMILES string of the molecule is CN(CC(N)=O)C1=NC(=O)S/C1=C\C1CCN(Cc2ccc(C(F)(F)F)cc2C(F)(F)F)CC1. The first kappa shape index (κ1) is 26.1. The molecule has 0 saturated carbocycles. The van der Waals surface area contributed by atoms with Crippen molar-refractivity contribution in [3.63, 3.8) is 0 Å². The van der Waals surface area contributed by atoms with E-state index in [1.54, 1.807) is 11.9 Å². The molecule has 0 radical (unpaired) electrons. The minimum Gasteiger partial charge on any atom is -0.368 e. The molecule has 2 aliphatic heterocycles. The number of hydrogen-bond acceptors (Lipinski definition) is 5. The van der Waals surface area contributed by atoms with E-state index in [0.29, 0.717) is 42.7 Å². The van der Waals surface area contributed by atoms with Crippen LogP contribution in [0.1, 0.15) is 29.5 Å². The van der Waals surface area contributed by atoms with Crippen LogP contribution in [0.5, 0.6) is 0 Å². The van der Waals surface area contributed by atoms with Crippen molar-refractivity contribution in [2.24, 2.45) is 16.6 Å². The zero-order chi connectivity index (χ0) is 25.3. The lowest BCUT2D eigenvalue weighted by atomic mass is 9.95. The van der Waals surface area contributed by atoms with Gasteiger partial charge in [0.05, 0.1) is 22.6 Å². The van der Waals surface area contributed by atoms with Crippen LogP contribution in [0.3, 0.4) is 0 Å². The average molecular weight is 508 g/mol. The van der Waals surface area contributed by atoms with Crippen LogP contribution in [0.15, 0.2) is 34.2 Å². The van der Waals surface area contributed by atoms with Crippen LogP contribution in [0.4, 0.5) is 31.1 Å². The molecular weight excluding hydrogens is 486 g/mol. The number of likely N-dealkylation sites (N-methyl/N-ethyl adjacent to an activating group) is 1. The van der Waals surface area contributed by atoms with E-state index in [1.807, 2.05) is 6.08 Å². The summed E-state index contributed by atoms with van der Waals surface area (Å²) in [6, 6.07) is 1.71. The molecule has 1 aromatic carbocycles. The van der Waals surface area contributed by atoms with E-state index in [1.165, 1.54) is 4.90 Å². The fourth-order valence-electron chi connectivity index (χ4n) is 3.88. The molecule has 0 atom stereocenters. The van der Waals surface area contributed by atoms with Gasteiger partial charge in [0, 0.05) is 13.6 Å². The van der Waals surface area contributed by atoms with E-state index in [4.69, 9.17) is 5.73 Å². The van der Waals surface area contributed by atoms with Gasteiger partial charge in [-0.25, -0.2) is 0 Å². The first-order chi connectivity index (χ1) is 15.7. The topological polar surface area (TPSA) is 79.0 Å². The van der Waals surface area contributed by atoms with Crippen molar-refractivity contribution in [2.45, 2.75) is 31.7 Å². The predicted octanol–water partition coefficient (Wildman–Crippen LogP) is 4.50. The smallest absolute Gasteiger partial charge is 0.368 e. The van der Waals surface area contributed by atoms with Gasteiger partial charge in [-0.05, 0) is 61.3 Å². The summed E-state index contributed by atoms with van der Waals surface area (Å²) >= 11 is 0.928. The highest BCUT2D eigenvalue weighted by Crippen LogP contribution is 2.38. The quantitative estimate of drug-likeness (QED) is 0.593. The number of amides is 2. The summed E-state index contributed by atoms with van der Waals surface area (Å²) in [5.74, 6) is -0.217. The average Bonchev–Trinajstić information content (AvgIpc) is 3.08. The number of nitrogens with zero attached hydrogens (tertiary/aromatic N) is 3. The summed E-state index contributed by atoms with van der Waals surface area (Å²) in [5, 5.41) is -0.419. The van der Waals surface area contributed by atoms with Crippen molar-refractivity contribution in [3.8, 4) is 0 Å². The number of alkyl halides is 6. The van der Waals surface area contributed by atoms with E-state index in [2.05, 4.69) is 4.99 Å². The van der Waals surface area contributed by atoms with Crippen LogP contribution < -0.4 is 5.73 Å². The van der Waals surface area contributed by atoms with Crippen molar-refractivity contribution < 1.29 is 35.9 Å². The molecule has 0 unspecified atom stereocenters. The third-order valence-corrected chi connectivity index (χ3v) is 6.33. The molecule has 6 nitrogen and oxygen atoms in total. The van der Waals surface area contributed by atoms with E-state index < -0.39 is 34.6 Å². The van der Waals surface area contributed by atoms with Crippen molar-refractivity contribution in [1.29, 1.82) is 0 Å². The lowest BCUT2D eigenvalue weighted by Crippen LogP contribution is -2.36. The first-order valence-electron chi connectivity index (χ1n) is 10.3.